The fourth-order valence-corrected chi connectivity index (χ4v) is 1.67. The Labute approximate surface area is 104 Å². The molecule has 94 valence electrons. The van der Waals surface area contributed by atoms with Gasteiger partial charge in [0, 0.05) is 0 Å². The van der Waals surface area contributed by atoms with E-state index in [0.717, 1.165) is 5.75 Å². The number of carbonyl (C=O) groups excluding carboxylic acids is 1. The molecule has 0 fully saturated rings. The number of para-hydroxylation sites is 1. The molecule has 2 unspecified atom stereocenters. The van der Waals surface area contributed by atoms with Crippen molar-refractivity contribution in [3.8, 4) is 5.75 Å². The van der Waals surface area contributed by atoms with Crippen LogP contribution in [-0.4, -0.2) is 18.1 Å². The summed E-state index contributed by atoms with van der Waals surface area (Å²) in [5.41, 5.74) is 0. The van der Waals surface area contributed by atoms with Gasteiger partial charge in [-0.25, -0.2) is 0 Å². The highest BCUT2D eigenvalue weighted by Gasteiger charge is 2.15. The molecule has 5 heteroatoms. The van der Waals surface area contributed by atoms with Crippen molar-refractivity contribution in [2.75, 3.05) is 0 Å². The van der Waals surface area contributed by atoms with Gasteiger partial charge in [-0.3, -0.25) is 9.88 Å². The van der Waals surface area contributed by atoms with Gasteiger partial charge in [0.15, 0.2) is 0 Å². The molecule has 0 saturated carbocycles. The Morgan fingerprint density at radius 2 is 1.88 bits per heavy atom. The van der Waals surface area contributed by atoms with E-state index in [1.165, 1.54) is 0 Å². The van der Waals surface area contributed by atoms with Crippen molar-refractivity contribution >= 4 is 14.9 Å². The predicted octanol–water partition coefficient (Wildman–Crippen LogP) is 2.50. The van der Waals surface area contributed by atoms with Crippen LogP contribution < -0.4 is 9.61 Å². The lowest BCUT2D eigenvalue weighted by atomic mass is 10.3. The Kier molecular flexibility index (Phi) is 5.95. The minimum atomic E-state index is -0.362. The van der Waals surface area contributed by atoms with Crippen LogP contribution >= 0.6 is 8.96 Å². The van der Waals surface area contributed by atoms with E-state index in [1.807, 2.05) is 44.2 Å². The van der Waals surface area contributed by atoms with Gasteiger partial charge >= 0.3 is 5.97 Å². The van der Waals surface area contributed by atoms with Gasteiger partial charge in [-0.05, 0) is 32.9 Å². The second-order valence-electron chi connectivity index (χ2n) is 3.87. The van der Waals surface area contributed by atoms with Crippen molar-refractivity contribution < 1.29 is 14.1 Å². The first kappa shape index (κ1) is 13.9. The summed E-state index contributed by atoms with van der Waals surface area (Å²) in [6, 6.07) is 9.09. The Bertz CT molecular complexity index is 343. The first-order valence-electron chi connectivity index (χ1n) is 5.52. The molecule has 1 rings (SSSR count). The monoisotopic (exact) mass is 255 g/mol. The summed E-state index contributed by atoms with van der Waals surface area (Å²) in [4.78, 5) is 11.5. The average Bonchev–Trinajstić information content (AvgIpc) is 2.29. The van der Waals surface area contributed by atoms with Crippen molar-refractivity contribution in [1.82, 2.24) is 5.09 Å². The number of nitrogens with one attached hydrogen (secondary N) is 1. The first-order chi connectivity index (χ1) is 8.09. The zero-order chi connectivity index (χ0) is 12.7. The smallest absolute Gasteiger partial charge is 0.323 e. The topological polar surface area (TPSA) is 47.6 Å². The van der Waals surface area contributed by atoms with Crippen LogP contribution in [0.15, 0.2) is 30.3 Å². The van der Waals surface area contributed by atoms with E-state index in [4.69, 9.17) is 9.26 Å². The largest absolute Gasteiger partial charge is 0.462 e. The van der Waals surface area contributed by atoms with Crippen molar-refractivity contribution in [2.45, 2.75) is 32.9 Å². The van der Waals surface area contributed by atoms with Crippen LogP contribution in [0.3, 0.4) is 0 Å². The van der Waals surface area contributed by atoms with E-state index in [-0.39, 0.29) is 27.1 Å². The van der Waals surface area contributed by atoms with Gasteiger partial charge in [0.1, 0.15) is 20.7 Å². The zero-order valence-corrected chi connectivity index (χ0v) is 11.3. The molecule has 0 heterocycles. The highest BCUT2D eigenvalue weighted by atomic mass is 31.1. The van der Waals surface area contributed by atoms with E-state index in [9.17, 15) is 4.79 Å². The normalized spacial score (nSPS) is 12.9. The fraction of sp³-hybridized carbons (Fsp3) is 0.417. The van der Waals surface area contributed by atoms with Crippen LogP contribution in [0.4, 0.5) is 0 Å². The lowest BCUT2D eigenvalue weighted by Gasteiger charge is -2.15. The molecule has 0 aliphatic carbocycles. The molecule has 1 aromatic carbocycles. The molecule has 0 radical (unpaired) electrons. The SMILES string of the molecule is CC(C)OC(=O)C(C)NPOc1ccccc1. The summed E-state index contributed by atoms with van der Waals surface area (Å²) in [6.07, 6.45) is -0.0925. The molecule has 2 atom stereocenters. The van der Waals surface area contributed by atoms with Gasteiger partial charge in [0.25, 0.3) is 0 Å². The molecule has 0 aliphatic rings. The quantitative estimate of drug-likeness (QED) is 0.626. The number of benzene rings is 1. The highest BCUT2D eigenvalue weighted by molar-refractivity contribution is 7.30. The molecule has 1 N–H and O–H groups in total. The second-order valence-corrected chi connectivity index (χ2v) is 4.57. The second kappa shape index (κ2) is 7.25. The van der Waals surface area contributed by atoms with Gasteiger partial charge in [-0.15, -0.1) is 0 Å². The predicted molar refractivity (Wildman–Crippen MR) is 69.2 cm³/mol. The fourth-order valence-electron chi connectivity index (χ4n) is 1.06. The summed E-state index contributed by atoms with van der Waals surface area (Å²) in [5, 5.41) is 2.97. The molecule has 17 heavy (non-hydrogen) atoms. The lowest BCUT2D eigenvalue weighted by molar-refractivity contribution is -0.148. The third-order valence-electron chi connectivity index (χ3n) is 1.89. The van der Waals surface area contributed by atoms with Crippen molar-refractivity contribution in [1.29, 1.82) is 0 Å². The Balaban J connectivity index is 2.24. The molecule has 0 bridgehead atoms. The standard InChI is InChI=1S/C12H18NO3P/c1-9(2)15-12(14)10(3)13-17-16-11-7-5-4-6-8-11/h4-10,13,17H,1-3H3. The van der Waals surface area contributed by atoms with Crippen LogP contribution in [-0.2, 0) is 9.53 Å². The average molecular weight is 255 g/mol. The van der Waals surface area contributed by atoms with Crippen molar-refractivity contribution in [2.24, 2.45) is 0 Å². The molecule has 0 saturated heterocycles. The van der Waals surface area contributed by atoms with E-state index < -0.39 is 0 Å². The van der Waals surface area contributed by atoms with Gasteiger partial charge in [-0.1, -0.05) is 18.2 Å². The van der Waals surface area contributed by atoms with Gasteiger partial charge in [-0.2, -0.15) is 0 Å². The lowest BCUT2D eigenvalue weighted by Crippen LogP contribution is -2.32. The summed E-state index contributed by atoms with van der Waals surface area (Å²) < 4.78 is 10.5. The molecule has 0 spiro atoms. The number of rotatable bonds is 6. The number of hydrogen-bond acceptors (Lipinski definition) is 4. The number of ether oxygens (including phenoxy) is 1. The summed E-state index contributed by atoms with van der Waals surface area (Å²) in [7, 11) is 0.0285. The maximum absolute atomic E-state index is 11.5. The maximum Gasteiger partial charge on any atom is 0.323 e. The number of esters is 1. The molecule has 1 aromatic rings. The zero-order valence-electron chi connectivity index (χ0n) is 10.3. The van der Waals surface area contributed by atoms with Crippen LogP contribution in [0.25, 0.3) is 0 Å². The Morgan fingerprint density at radius 1 is 1.24 bits per heavy atom. The highest BCUT2D eigenvalue weighted by Crippen LogP contribution is 2.17. The summed E-state index contributed by atoms with van der Waals surface area (Å²) in [6.45, 7) is 5.41. The first-order valence-corrected chi connectivity index (χ1v) is 6.43. The minimum Gasteiger partial charge on any atom is -0.462 e. The minimum absolute atomic E-state index is 0.0285. The van der Waals surface area contributed by atoms with Gasteiger partial charge < -0.3 is 9.26 Å². The number of carbonyl (C=O) groups is 1. The van der Waals surface area contributed by atoms with E-state index in [2.05, 4.69) is 5.09 Å². The maximum atomic E-state index is 11.5. The van der Waals surface area contributed by atoms with E-state index >= 15 is 0 Å². The molecular weight excluding hydrogens is 237 g/mol. The third-order valence-corrected chi connectivity index (χ3v) is 2.78. The van der Waals surface area contributed by atoms with Crippen LogP contribution in [0.5, 0.6) is 5.75 Å². The molecule has 0 amide bonds. The van der Waals surface area contributed by atoms with Gasteiger partial charge in [0.05, 0.1) is 6.10 Å². The molecule has 4 nitrogen and oxygen atoms in total. The van der Waals surface area contributed by atoms with Crippen LogP contribution in [0.2, 0.25) is 0 Å². The van der Waals surface area contributed by atoms with E-state index in [0.29, 0.717) is 0 Å². The Morgan fingerprint density at radius 3 is 2.47 bits per heavy atom. The van der Waals surface area contributed by atoms with Crippen LogP contribution in [0.1, 0.15) is 20.8 Å². The summed E-state index contributed by atoms with van der Waals surface area (Å²) in [5.74, 6) is 0.520. The summed E-state index contributed by atoms with van der Waals surface area (Å²) >= 11 is 0. The molecule has 0 aromatic heterocycles. The third kappa shape index (κ3) is 5.66. The van der Waals surface area contributed by atoms with Gasteiger partial charge in [0.2, 0.25) is 0 Å². The Hall–Kier alpha value is -1.12. The van der Waals surface area contributed by atoms with Crippen molar-refractivity contribution in [3.05, 3.63) is 30.3 Å². The van der Waals surface area contributed by atoms with Crippen LogP contribution in [0, 0.1) is 0 Å². The van der Waals surface area contributed by atoms with E-state index in [1.54, 1.807) is 6.92 Å². The number of hydrogen-bond donors (Lipinski definition) is 1. The molecule has 0 aliphatic heterocycles. The molecular formula is C12H18NO3P. The van der Waals surface area contributed by atoms with Crippen molar-refractivity contribution in [3.63, 3.8) is 0 Å².